The number of hydrogen-bond acceptors (Lipinski definition) is 3. The molecule has 2 rings (SSSR count). The largest absolute Gasteiger partial charge is 0.381 e. The standard InChI is InChI=1S/C16H22N2O/c1-18(15-7-4-8-16(10-15)19-2)12-14-6-3-5-13(9-14)11-17/h3,5-6,9,15-16H,4,7-8,10,12H2,1-2H3. The van der Waals surface area contributed by atoms with Gasteiger partial charge in [-0.2, -0.15) is 5.26 Å². The van der Waals surface area contributed by atoms with Crippen molar-refractivity contribution in [1.82, 2.24) is 4.90 Å². The summed E-state index contributed by atoms with van der Waals surface area (Å²) < 4.78 is 5.49. The first-order chi connectivity index (χ1) is 9.22. The van der Waals surface area contributed by atoms with Crippen LogP contribution < -0.4 is 0 Å². The summed E-state index contributed by atoms with van der Waals surface area (Å²) in [5.74, 6) is 0. The minimum Gasteiger partial charge on any atom is -0.381 e. The van der Waals surface area contributed by atoms with Crippen molar-refractivity contribution < 1.29 is 4.74 Å². The highest BCUT2D eigenvalue weighted by atomic mass is 16.5. The molecule has 0 amide bonds. The van der Waals surface area contributed by atoms with E-state index in [1.165, 1.54) is 24.8 Å². The van der Waals surface area contributed by atoms with Gasteiger partial charge < -0.3 is 4.74 Å². The summed E-state index contributed by atoms with van der Waals surface area (Å²) in [6, 6.07) is 10.7. The van der Waals surface area contributed by atoms with Crippen molar-refractivity contribution in [2.75, 3.05) is 14.2 Å². The predicted octanol–water partition coefficient (Wildman–Crippen LogP) is 2.95. The van der Waals surface area contributed by atoms with Gasteiger partial charge in [0, 0.05) is 19.7 Å². The molecule has 0 heterocycles. The van der Waals surface area contributed by atoms with Gasteiger partial charge in [0.25, 0.3) is 0 Å². The minimum absolute atomic E-state index is 0.409. The van der Waals surface area contributed by atoms with Crippen LogP contribution in [0.5, 0.6) is 0 Å². The van der Waals surface area contributed by atoms with Gasteiger partial charge in [0.05, 0.1) is 17.7 Å². The summed E-state index contributed by atoms with van der Waals surface area (Å²) in [4.78, 5) is 2.39. The molecule has 1 aromatic rings. The molecule has 1 aliphatic rings. The van der Waals surface area contributed by atoms with Crippen LogP contribution in [0.15, 0.2) is 24.3 Å². The maximum absolute atomic E-state index is 8.93. The molecule has 19 heavy (non-hydrogen) atoms. The van der Waals surface area contributed by atoms with Crippen LogP contribution in [-0.2, 0) is 11.3 Å². The highest BCUT2D eigenvalue weighted by Gasteiger charge is 2.24. The lowest BCUT2D eigenvalue weighted by atomic mass is 9.91. The first-order valence-electron chi connectivity index (χ1n) is 6.95. The van der Waals surface area contributed by atoms with Crippen LogP contribution in [0.4, 0.5) is 0 Å². The van der Waals surface area contributed by atoms with Gasteiger partial charge in [-0.05, 0) is 50.4 Å². The molecule has 0 aromatic heterocycles. The summed E-state index contributed by atoms with van der Waals surface area (Å²) >= 11 is 0. The number of methoxy groups -OCH3 is 1. The summed E-state index contributed by atoms with van der Waals surface area (Å²) in [7, 11) is 3.98. The first-order valence-corrected chi connectivity index (χ1v) is 6.95. The van der Waals surface area contributed by atoms with Gasteiger partial charge in [0.1, 0.15) is 0 Å². The van der Waals surface area contributed by atoms with Crippen LogP contribution in [0.25, 0.3) is 0 Å². The van der Waals surface area contributed by atoms with Crippen LogP contribution in [0.1, 0.15) is 36.8 Å². The predicted molar refractivity (Wildman–Crippen MR) is 75.7 cm³/mol. The lowest BCUT2D eigenvalue weighted by molar-refractivity contribution is 0.0328. The third kappa shape index (κ3) is 3.79. The molecule has 1 fully saturated rings. The Kier molecular flexibility index (Phi) is 4.95. The topological polar surface area (TPSA) is 36.3 Å². The fraction of sp³-hybridized carbons (Fsp3) is 0.562. The van der Waals surface area contributed by atoms with Crippen molar-refractivity contribution in [2.24, 2.45) is 0 Å². The normalized spacial score (nSPS) is 23.3. The second kappa shape index (κ2) is 6.70. The van der Waals surface area contributed by atoms with Gasteiger partial charge in [0.2, 0.25) is 0 Å². The van der Waals surface area contributed by atoms with Crippen molar-refractivity contribution in [3.8, 4) is 6.07 Å². The molecular weight excluding hydrogens is 236 g/mol. The summed E-state index contributed by atoms with van der Waals surface area (Å²) in [5, 5.41) is 8.93. The molecule has 1 aliphatic carbocycles. The van der Waals surface area contributed by atoms with Crippen LogP contribution >= 0.6 is 0 Å². The lowest BCUT2D eigenvalue weighted by Gasteiger charge is -2.34. The maximum Gasteiger partial charge on any atom is 0.0991 e. The Hall–Kier alpha value is -1.37. The Labute approximate surface area is 115 Å². The van der Waals surface area contributed by atoms with Crippen molar-refractivity contribution in [3.63, 3.8) is 0 Å². The van der Waals surface area contributed by atoms with E-state index in [1.807, 2.05) is 25.3 Å². The highest BCUT2D eigenvalue weighted by molar-refractivity contribution is 5.32. The molecule has 1 saturated carbocycles. The van der Waals surface area contributed by atoms with E-state index in [1.54, 1.807) is 0 Å². The first kappa shape index (κ1) is 14.0. The van der Waals surface area contributed by atoms with Gasteiger partial charge in [-0.1, -0.05) is 12.1 Å². The molecule has 3 heteroatoms. The van der Waals surface area contributed by atoms with E-state index in [0.717, 1.165) is 18.5 Å². The zero-order chi connectivity index (χ0) is 13.7. The third-order valence-electron chi connectivity index (χ3n) is 4.04. The molecule has 0 spiro atoms. The molecular formula is C16H22N2O. The molecule has 2 atom stereocenters. The number of nitrogens with zero attached hydrogens (tertiary/aromatic N) is 2. The van der Waals surface area contributed by atoms with E-state index in [2.05, 4.69) is 24.1 Å². The molecule has 0 aliphatic heterocycles. The van der Waals surface area contributed by atoms with E-state index in [4.69, 9.17) is 10.00 Å². The van der Waals surface area contributed by atoms with Crippen molar-refractivity contribution >= 4 is 0 Å². The summed E-state index contributed by atoms with van der Waals surface area (Å²) in [6.45, 7) is 0.899. The van der Waals surface area contributed by atoms with Gasteiger partial charge in [-0.15, -0.1) is 0 Å². The fourth-order valence-corrected chi connectivity index (χ4v) is 2.89. The molecule has 3 nitrogen and oxygen atoms in total. The quantitative estimate of drug-likeness (QED) is 0.833. The Morgan fingerprint density at radius 3 is 3.00 bits per heavy atom. The molecule has 1 aromatic carbocycles. The molecule has 0 radical (unpaired) electrons. The zero-order valence-corrected chi connectivity index (χ0v) is 11.8. The zero-order valence-electron chi connectivity index (χ0n) is 11.8. The lowest BCUT2D eigenvalue weighted by Crippen LogP contribution is -2.37. The molecule has 0 saturated heterocycles. The van der Waals surface area contributed by atoms with Crippen molar-refractivity contribution in [3.05, 3.63) is 35.4 Å². The van der Waals surface area contributed by atoms with Gasteiger partial charge in [-0.25, -0.2) is 0 Å². The summed E-state index contributed by atoms with van der Waals surface area (Å²) in [5.41, 5.74) is 1.95. The third-order valence-corrected chi connectivity index (χ3v) is 4.04. The maximum atomic E-state index is 8.93. The Balaban J connectivity index is 1.96. The minimum atomic E-state index is 0.409. The number of ether oxygens (including phenoxy) is 1. The molecule has 2 unspecified atom stereocenters. The van der Waals surface area contributed by atoms with Gasteiger partial charge >= 0.3 is 0 Å². The van der Waals surface area contributed by atoms with Gasteiger partial charge in [0.15, 0.2) is 0 Å². The van der Waals surface area contributed by atoms with Crippen molar-refractivity contribution in [1.29, 1.82) is 5.26 Å². The Bertz CT molecular complexity index is 452. The monoisotopic (exact) mass is 258 g/mol. The van der Waals surface area contributed by atoms with Crippen LogP contribution in [0, 0.1) is 11.3 Å². The number of nitriles is 1. The number of rotatable bonds is 4. The average Bonchev–Trinajstić information content (AvgIpc) is 2.47. The fourth-order valence-electron chi connectivity index (χ4n) is 2.89. The number of benzene rings is 1. The highest BCUT2D eigenvalue weighted by Crippen LogP contribution is 2.25. The van der Waals surface area contributed by atoms with Crippen molar-refractivity contribution in [2.45, 2.75) is 44.4 Å². The van der Waals surface area contributed by atoms with E-state index >= 15 is 0 Å². The molecule has 102 valence electrons. The molecule has 0 bridgehead atoms. The van der Waals surface area contributed by atoms with E-state index < -0.39 is 0 Å². The van der Waals surface area contributed by atoms with E-state index in [-0.39, 0.29) is 0 Å². The van der Waals surface area contributed by atoms with Gasteiger partial charge in [-0.3, -0.25) is 4.90 Å². The average molecular weight is 258 g/mol. The Morgan fingerprint density at radius 2 is 2.26 bits per heavy atom. The van der Waals surface area contributed by atoms with Crippen LogP contribution in [0.3, 0.4) is 0 Å². The Morgan fingerprint density at radius 1 is 1.42 bits per heavy atom. The molecule has 0 N–H and O–H groups in total. The van der Waals surface area contributed by atoms with Crippen LogP contribution in [0.2, 0.25) is 0 Å². The SMILES string of the molecule is COC1CCCC(N(C)Cc2cccc(C#N)c2)C1. The second-order valence-electron chi connectivity index (χ2n) is 5.41. The second-order valence-corrected chi connectivity index (χ2v) is 5.41. The summed E-state index contributed by atoms with van der Waals surface area (Å²) in [6.07, 6.45) is 5.20. The number of hydrogen-bond donors (Lipinski definition) is 0. The van der Waals surface area contributed by atoms with E-state index in [9.17, 15) is 0 Å². The van der Waals surface area contributed by atoms with Crippen LogP contribution in [-0.4, -0.2) is 31.2 Å². The van der Waals surface area contributed by atoms with E-state index in [0.29, 0.717) is 12.1 Å². The smallest absolute Gasteiger partial charge is 0.0991 e.